The maximum absolute atomic E-state index is 11.8. The highest BCUT2D eigenvalue weighted by molar-refractivity contribution is 5.68. The van der Waals surface area contributed by atoms with E-state index in [1.165, 1.54) is 13.8 Å². The van der Waals surface area contributed by atoms with Crippen molar-refractivity contribution in [2.45, 2.75) is 65.0 Å². The van der Waals surface area contributed by atoms with Crippen LogP contribution in [0, 0.1) is 0 Å². The maximum atomic E-state index is 11.8. The van der Waals surface area contributed by atoms with E-state index in [0.717, 1.165) is 19.4 Å². The summed E-state index contributed by atoms with van der Waals surface area (Å²) in [5, 5.41) is 0. The minimum atomic E-state index is -1.25. The first-order chi connectivity index (χ1) is 14.7. The number of esters is 4. The summed E-state index contributed by atoms with van der Waals surface area (Å²) in [7, 11) is 0. The Labute approximate surface area is 179 Å². The molecule has 0 bridgehead atoms. The van der Waals surface area contributed by atoms with Gasteiger partial charge in [0.1, 0.15) is 12.7 Å². The van der Waals surface area contributed by atoms with Crippen LogP contribution in [0.2, 0.25) is 0 Å². The van der Waals surface area contributed by atoms with Gasteiger partial charge in [0.05, 0.1) is 6.61 Å². The van der Waals surface area contributed by atoms with Gasteiger partial charge in [0.15, 0.2) is 24.6 Å². The van der Waals surface area contributed by atoms with Crippen LogP contribution >= 0.6 is 0 Å². The van der Waals surface area contributed by atoms with Crippen molar-refractivity contribution < 1.29 is 47.6 Å². The zero-order valence-electron chi connectivity index (χ0n) is 17.8. The van der Waals surface area contributed by atoms with E-state index in [1.54, 1.807) is 0 Å². The third-order valence-corrected chi connectivity index (χ3v) is 4.21. The highest BCUT2D eigenvalue weighted by Crippen LogP contribution is 2.30. The van der Waals surface area contributed by atoms with E-state index in [0.29, 0.717) is 0 Å². The van der Waals surface area contributed by atoms with Gasteiger partial charge >= 0.3 is 23.9 Å². The van der Waals surface area contributed by atoms with Gasteiger partial charge in [0, 0.05) is 27.7 Å². The first kappa shape index (κ1) is 24.3. The lowest BCUT2D eigenvalue weighted by Gasteiger charge is -2.44. The van der Waals surface area contributed by atoms with E-state index in [-0.39, 0.29) is 13.2 Å². The molecule has 31 heavy (non-hydrogen) atoms. The third kappa shape index (κ3) is 7.65. The molecule has 1 aliphatic heterocycles. The van der Waals surface area contributed by atoms with Gasteiger partial charge < -0.3 is 28.4 Å². The molecule has 1 heterocycles. The van der Waals surface area contributed by atoms with Crippen LogP contribution in [0.3, 0.4) is 0 Å². The zero-order valence-corrected chi connectivity index (χ0v) is 17.8. The monoisotopic (exact) mass is 438 g/mol. The normalized spacial score (nSPS) is 25.2. The molecule has 0 saturated carbocycles. The Morgan fingerprint density at radius 2 is 1.32 bits per heavy atom. The Morgan fingerprint density at radius 1 is 0.774 bits per heavy atom. The summed E-state index contributed by atoms with van der Waals surface area (Å²) in [6, 6.07) is 9.14. The quantitative estimate of drug-likeness (QED) is 0.433. The SMILES string of the molecule is CC(=O)OCC1O[C@@H](OCc2ccccc2)[C@H](OC(C)=O)[C@@H](OC(C)=O)[C@@H]1OC(C)=O. The number of hydrogen-bond acceptors (Lipinski definition) is 10. The van der Waals surface area contributed by atoms with Crippen molar-refractivity contribution in [1.29, 1.82) is 0 Å². The first-order valence-corrected chi connectivity index (χ1v) is 9.63. The second-order valence-electron chi connectivity index (χ2n) is 6.86. The van der Waals surface area contributed by atoms with E-state index in [1.807, 2.05) is 30.3 Å². The van der Waals surface area contributed by atoms with Gasteiger partial charge in [-0.2, -0.15) is 0 Å². The molecule has 1 aromatic rings. The van der Waals surface area contributed by atoms with E-state index < -0.39 is 54.6 Å². The molecular weight excluding hydrogens is 412 g/mol. The van der Waals surface area contributed by atoms with Crippen LogP contribution in [0.15, 0.2) is 30.3 Å². The molecule has 1 saturated heterocycles. The second-order valence-corrected chi connectivity index (χ2v) is 6.86. The molecule has 0 amide bonds. The highest BCUT2D eigenvalue weighted by atomic mass is 16.7. The van der Waals surface area contributed by atoms with E-state index >= 15 is 0 Å². The lowest BCUT2D eigenvalue weighted by Crippen LogP contribution is -2.62. The van der Waals surface area contributed by atoms with Crippen molar-refractivity contribution in [3.8, 4) is 0 Å². The second kappa shape index (κ2) is 11.4. The standard InChI is InChI=1S/C21H26O10/c1-12(22)26-11-17-18(28-13(2)23)19(29-14(3)24)20(30-15(4)25)21(31-17)27-10-16-8-6-5-7-9-16/h5-9,17-21H,10-11H2,1-4H3/t17?,18-,19+,20-,21-/m1/s1. The van der Waals surface area contributed by atoms with Gasteiger partial charge in [-0.15, -0.1) is 0 Å². The molecule has 1 unspecified atom stereocenters. The predicted octanol–water partition coefficient (Wildman–Crippen LogP) is 1.29. The molecule has 1 fully saturated rings. The van der Waals surface area contributed by atoms with Gasteiger partial charge in [-0.3, -0.25) is 19.2 Å². The van der Waals surface area contributed by atoms with Crippen molar-refractivity contribution in [2.75, 3.05) is 6.61 Å². The molecule has 0 spiro atoms. The van der Waals surface area contributed by atoms with Crippen molar-refractivity contribution in [2.24, 2.45) is 0 Å². The van der Waals surface area contributed by atoms with E-state index in [9.17, 15) is 19.2 Å². The number of benzene rings is 1. The highest BCUT2D eigenvalue weighted by Gasteiger charge is 2.52. The first-order valence-electron chi connectivity index (χ1n) is 9.63. The summed E-state index contributed by atoms with van der Waals surface area (Å²) >= 11 is 0. The van der Waals surface area contributed by atoms with Gasteiger partial charge in [-0.25, -0.2) is 0 Å². The lowest BCUT2D eigenvalue weighted by atomic mass is 9.98. The predicted molar refractivity (Wildman–Crippen MR) is 103 cm³/mol. The van der Waals surface area contributed by atoms with Crippen LogP contribution in [-0.2, 0) is 54.2 Å². The summed E-state index contributed by atoms with van der Waals surface area (Å²) in [4.78, 5) is 46.5. The average Bonchev–Trinajstić information content (AvgIpc) is 2.68. The number of carbonyl (C=O) groups excluding carboxylic acids is 4. The van der Waals surface area contributed by atoms with Crippen LogP contribution in [-0.4, -0.2) is 61.2 Å². The summed E-state index contributed by atoms with van der Waals surface area (Å²) in [5.74, 6) is -2.66. The van der Waals surface area contributed by atoms with Crippen LogP contribution in [0.25, 0.3) is 0 Å². The maximum Gasteiger partial charge on any atom is 0.303 e. The Balaban J connectivity index is 2.35. The minimum Gasteiger partial charge on any atom is -0.463 e. The fourth-order valence-corrected chi connectivity index (χ4v) is 3.08. The Kier molecular flexibility index (Phi) is 8.95. The van der Waals surface area contributed by atoms with Gasteiger partial charge in [0.2, 0.25) is 0 Å². The zero-order chi connectivity index (χ0) is 23.0. The van der Waals surface area contributed by atoms with Crippen LogP contribution in [0.4, 0.5) is 0 Å². The van der Waals surface area contributed by atoms with Crippen molar-refractivity contribution in [1.82, 2.24) is 0 Å². The number of ether oxygens (including phenoxy) is 6. The summed E-state index contributed by atoms with van der Waals surface area (Å²) in [6.07, 6.45) is -5.92. The smallest absolute Gasteiger partial charge is 0.303 e. The number of rotatable bonds is 8. The minimum absolute atomic E-state index is 0.0918. The molecule has 170 valence electrons. The fraction of sp³-hybridized carbons (Fsp3) is 0.524. The molecule has 10 heteroatoms. The van der Waals surface area contributed by atoms with Crippen molar-refractivity contribution >= 4 is 23.9 Å². The lowest BCUT2D eigenvalue weighted by molar-refractivity contribution is -0.310. The molecule has 2 rings (SSSR count). The van der Waals surface area contributed by atoms with Gasteiger partial charge in [-0.1, -0.05) is 30.3 Å². The molecule has 10 nitrogen and oxygen atoms in total. The molecule has 0 aromatic heterocycles. The van der Waals surface area contributed by atoms with Crippen LogP contribution in [0.1, 0.15) is 33.3 Å². The largest absolute Gasteiger partial charge is 0.463 e. The van der Waals surface area contributed by atoms with Crippen molar-refractivity contribution in [3.63, 3.8) is 0 Å². The van der Waals surface area contributed by atoms with Gasteiger partial charge in [0.25, 0.3) is 0 Å². The van der Waals surface area contributed by atoms with E-state index in [4.69, 9.17) is 28.4 Å². The molecule has 0 N–H and O–H groups in total. The van der Waals surface area contributed by atoms with Crippen LogP contribution < -0.4 is 0 Å². The summed E-state index contributed by atoms with van der Waals surface area (Å²) < 4.78 is 32.6. The summed E-state index contributed by atoms with van der Waals surface area (Å²) in [5.41, 5.74) is 0.815. The van der Waals surface area contributed by atoms with Crippen molar-refractivity contribution in [3.05, 3.63) is 35.9 Å². The summed E-state index contributed by atoms with van der Waals surface area (Å²) in [6.45, 7) is 4.49. The molecule has 0 aliphatic carbocycles. The molecule has 5 atom stereocenters. The van der Waals surface area contributed by atoms with E-state index in [2.05, 4.69) is 0 Å². The molecule has 1 aromatic carbocycles. The number of hydrogen-bond donors (Lipinski definition) is 0. The number of carbonyl (C=O) groups is 4. The van der Waals surface area contributed by atoms with Crippen LogP contribution in [0.5, 0.6) is 0 Å². The molecular formula is C21H26O10. The average molecular weight is 438 g/mol. The fourth-order valence-electron chi connectivity index (χ4n) is 3.08. The Bertz CT molecular complexity index is 778. The van der Waals surface area contributed by atoms with Gasteiger partial charge in [-0.05, 0) is 5.56 Å². The Morgan fingerprint density at radius 3 is 1.87 bits per heavy atom. The molecule has 0 radical (unpaired) electrons. The third-order valence-electron chi connectivity index (χ3n) is 4.21. The topological polar surface area (TPSA) is 124 Å². The Hall–Kier alpha value is -2.98. The molecule has 1 aliphatic rings.